The second kappa shape index (κ2) is 9.48. The molecule has 2 N–H and O–H groups in total. The number of hydrogen-bond acceptors (Lipinski definition) is 6. The van der Waals surface area contributed by atoms with E-state index in [1.165, 1.54) is 6.07 Å². The Morgan fingerprint density at radius 2 is 2.32 bits per heavy atom. The van der Waals surface area contributed by atoms with Crippen LogP contribution in [-0.4, -0.2) is 53.3 Å². The van der Waals surface area contributed by atoms with Crippen molar-refractivity contribution in [1.82, 2.24) is 25.8 Å². The number of anilines is 1. The Bertz CT molecular complexity index is 792. The van der Waals surface area contributed by atoms with Crippen molar-refractivity contribution in [2.75, 3.05) is 31.1 Å². The number of halogens is 1. The van der Waals surface area contributed by atoms with E-state index in [2.05, 4.69) is 30.8 Å². The Morgan fingerprint density at radius 3 is 3.04 bits per heavy atom. The number of nitrogens with zero attached hydrogens (tertiary/aromatic N) is 5. The number of pyridine rings is 1. The van der Waals surface area contributed by atoms with E-state index in [4.69, 9.17) is 4.52 Å². The van der Waals surface area contributed by atoms with Crippen LogP contribution in [-0.2, 0) is 6.42 Å². The molecule has 2 aromatic rings. The number of aliphatic imine (C=N–C) groups is 1. The summed E-state index contributed by atoms with van der Waals surface area (Å²) in [6, 6.07) is 3.22. The van der Waals surface area contributed by atoms with Gasteiger partial charge < -0.3 is 20.1 Å². The van der Waals surface area contributed by atoms with Gasteiger partial charge in [0.2, 0.25) is 5.89 Å². The molecule has 0 bridgehead atoms. The summed E-state index contributed by atoms with van der Waals surface area (Å²) in [7, 11) is 0. The van der Waals surface area contributed by atoms with Gasteiger partial charge in [-0.05, 0) is 25.5 Å². The van der Waals surface area contributed by atoms with E-state index in [0.29, 0.717) is 31.2 Å². The molecule has 1 aliphatic heterocycles. The molecule has 3 rings (SSSR count). The second-order valence-corrected chi connectivity index (χ2v) is 7.10. The van der Waals surface area contributed by atoms with Crippen LogP contribution >= 0.6 is 0 Å². The van der Waals surface area contributed by atoms with E-state index in [9.17, 15) is 4.39 Å². The molecule has 0 aromatic carbocycles. The number of guanidine groups is 1. The normalized spacial score (nSPS) is 17.4. The molecule has 9 heteroatoms. The van der Waals surface area contributed by atoms with Gasteiger partial charge >= 0.3 is 0 Å². The predicted octanol–water partition coefficient (Wildman–Crippen LogP) is 2.10. The van der Waals surface area contributed by atoms with Gasteiger partial charge in [-0.15, -0.1) is 0 Å². The number of rotatable bonds is 7. The van der Waals surface area contributed by atoms with Crippen molar-refractivity contribution in [3.63, 3.8) is 0 Å². The largest absolute Gasteiger partial charge is 0.357 e. The van der Waals surface area contributed by atoms with E-state index in [1.54, 1.807) is 12.3 Å². The maximum Gasteiger partial charge on any atom is 0.228 e. The lowest BCUT2D eigenvalue weighted by Crippen LogP contribution is -2.44. The Hall–Kier alpha value is -2.71. The highest BCUT2D eigenvalue weighted by molar-refractivity contribution is 5.80. The molecule has 3 heterocycles. The zero-order chi connectivity index (χ0) is 19.9. The van der Waals surface area contributed by atoms with Crippen molar-refractivity contribution in [3.05, 3.63) is 35.9 Å². The molecule has 0 saturated carbocycles. The average Bonchev–Trinajstić information content (AvgIpc) is 3.32. The van der Waals surface area contributed by atoms with Crippen molar-refractivity contribution in [2.45, 2.75) is 45.6 Å². The molecular formula is C19H28FN7O. The molecule has 152 valence electrons. The third-order valence-corrected chi connectivity index (χ3v) is 4.51. The van der Waals surface area contributed by atoms with Crippen LogP contribution in [0.1, 0.15) is 44.8 Å². The van der Waals surface area contributed by atoms with E-state index in [-0.39, 0.29) is 17.8 Å². The summed E-state index contributed by atoms with van der Waals surface area (Å²) in [4.78, 5) is 15.1. The lowest BCUT2D eigenvalue weighted by molar-refractivity contribution is 0.372. The third kappa shape index (κ3) is 5.17. The minimum Gasteiger partial charge on any atom is -0.357 e. The monoisotopic (exact) mass is 389 g/mol. The first-order valence-corrected chi connectivity index (χ1v) is 9.79. The smallest absolute Gasteiger partial charge is 0.228 e. The van der Waals surface area contributed by atoms with E-state index < -0.39 is 0 Å². The van der Waals surface area contributed by atoms with Crippen molar-refractivity contribution < 1.29 is 8.91 Å². The lowest BCUT2D eigenvalue weighted by Gasteiger charge is -2.19. The van der Waals surface area contributed by atoms with Crippen molar-refractivity contribution in [3.8, 4) is 0 Å². The first kappa shape index (κ1) is 20.0. The van der Waals surface area contributed by atoms with Gasteiger partial charge in [0.1, 0.15) is 0 Å². The SMILES string of the molecule is CCNC(=NCCc1nc(C(C)C)no1)NC1CCN(c2ncccc2F)C1. The van der Waals surface area contributed by atoms with Crippen LogP contribution < -0.4 is 15.5 Å². The van der Waals surface area contributed by atoms with Crippen LogP contribution in [0, 0.1) is 5.82 Å². The van der Waals surface area contributed by atoms with Gasteiger partial charge in [0.25, 0.3) is 0 Å². The molecule has 0 spiro atoms. The highest BCUT2D eigenvalue weighted by Crippen LogP contribution is 2.20. The molecule has 8 nitrogen and oxygen atoms in total. The maximum absolute atomic E-state index is 14.0. The fraction of sp³-hybridized carbons (Fsp3) is 0.579. The van der Waals surface area contributed by atoms with Crippen LogP contribution in [0.25, 0.3) is 0 Å². The van der Waals surface area contributed by atoms with Crippen LogP contribution in [0.5, 0.6) is 0 Å². The van der Waals surface area contributed by atoms with E-state index in [0.717, 1.165) is 31.3 Å². The first-order valence-electron chi connectivity index (χ1n) is 9.79. The highest BCUT2D eigenvalue weighted by atomic mass is 19.1. The Kier molecular flexibility index (Phi) is 6.78. The summed E-state index contributed by atoms with van der Waals surface area (Å²) in [5.41, 5.74) is 0. The molecule has 1 aliphatic rings. The van der Waals surface area contributed by atoms with Gasteiger partial charge in [0.05, 0.1) is 6.54 Å². The summed E-state index contributed by atoms with van der Waals surface area (Å²) in [5, 5.41) is 10.6. The second-order valence-electron chi connectivity index (χ2n) is 7.10. The minimum absolute atomic E-state index is 0.176. The van der Waals surface area contributed by atoms with Crippen molar-refractivity contribution >= 4 is 11.8 Å². The molecule has 0 amide bonds. The van der Waals surface area contributed by atoms with Crippen LogP contribution in [0.15, 0.2) is 27.8 Å². The fourth-order valence-electron chi connectivity index (χ4n) is 3.06. The summed E-state index contributed by atoms with van der Waals surface area (Å²) in [6.07, 6.45) is 3.10. The minimum atomic E-state index is -0.288. The van der Waals surface area contributed by atoms with E-state index >= 15 is 0 Å². The van der Waals surface area contributed by atoms with Gasteiger partial charge in [-0.3, -0.25) is 4.99 Å². The van der Waals surface area contributed by atoms with Gasteiger partial charge in [0, 0.05) is 44.2 Å². The maximum atomic E-state index is 14.0. The molecule has 1 atom stereocenters. The van der Waals surface area contributed by atoms with E-state index in [1.807, 2.05) is 25.7 Å². The van der Waals surface area contributed by atoms with Crippen molar-refractivity contribution in [1.29, 1.82) is 0 Å². The Balaban J connectivity index is 1.54. The van der Waals surface area contributed by atoms with Crippen LogP contribution in [0.2, 0.25) is 0 Å². The van der Waals surface area contributed by atoms with Crippen LogP contribution in [0.3, 0.4) is 0 Å². The molecule has 1 unspecified atom stereocenters. The summed E-state index contributed by atoms with van der Waals surface area (Å²) in [5.74, 6) is 2.42. The Labute approximate surface area is 164 Å². The predicted molar refractivity (Wildman–Crippen MR) is 106 cm³/mol. The quantitative estimate of drug-likeness (QED) is 0.553. The highest BCUT2D eigenvalue weighted by Gasteiger charge is 2.25. The zero-order valence-corrected chi connectivity index (χ0v) is 16.7. The standard InChI is InChI=1S/C19H28FN7O/c1-4-21-19(23-10-7-16-25-17(13(2)3)26-28-16)24-14-8-11-27(12-14)18-15(20)6-5-9-22-18/h5-6,9,13-14H,4,7-8,10-12H2,1-3H3,(H2,21,23,24). The van der Waals surface area contributed by atoms with Crippen LogP contribution in [0.4, 0.5) is 10.2 Å². The fourth-order valence-corrected chi connectivity index (χ4v) is 3.06. The summed E-state index contributed by atoms with van der Waals surface area (Å²) in [6.45, 7) is 8.82. The number of hydrogen-bond donors (Lipinski definition) is 2. The van der Waals surface area contributed by atoms with Crippen molar-refractivity contribution in [2.24, 2.45) is 4.99 Å². The summed E-state index contributed by atoms with van der Waals surface area (Å²) < 4.78 is 19.2. The number of aromatic nitrogens is 3. The lowest BCUT2D eigenvalue weighted by atomic mass is 10.2. The molecule has 0 aliphatic carbocycles. The first-order chi connectivity index (χ1) is 13.6. The summed E-state index contributed by atoms with van der Waals surface area (Å²) >= 11 is 0. The topological polar surface area (TPSA) is 91.5 Å². The molecular weight excluding hydrogens is 361 g/mol. The molecule has 1 saturated heterocycles. The molecule has 2 aromatic heterocycles. The molecule has 28 heavy (non-hydrogen) atoms. The van der Waals surface area contributed by atoms with Gasteiger partial charge in [-0.2, -0.15) is 4.98 Å². The third-order valence-electron chi connectivity index (χ3n) is 4.51. The average molecular weight is 389 g/mol. The molecule has 0 radical (unpaired) electrons. The Morgan fingerprint density at radius 1 is 1.46 bits per heavy atom. The van der Waals surface area contributed by atoms with Gasteiger partial charge in [-0.25, -0.2) is 9.37 Å². The van der Waals surface area contributed by atoms with Gasteiger partial charge in [0.15, 0.2) is 23.4 Å². The zero-order valence-electron chi connectivity index (χ0n) is 16.7. The number of nitrogens with one attached hydrogen (secondary N) is 2. The molecule has 1 fully saturated rings. The van der Waals surface area contributed by atoms with Gasteiger partial charge in [-0.1, -0.05) is 19.0 Å².